The smallest absolute Gasteiger partial charge is 0.462 e. The number of unbranched alkanes of at least 4 members (excludes halogenated alkanes) is 24. The molecule has 13 nitrogen and oxygen atoms in total. The van der Waals surface area contributed by atoms with E-state index in [1.807, 2.05) is 0 Å². The fourth-order valence-corrected chi connectivity index (χ4v) is 7.85. The van der Waals surface area contributed by atoms with Crippen LogP contribution >= 0.6 is 7.82 Å². The summed E-state index contributed by atoms with van der Waals surface area (Å²) in [6.45, 7) is 3.27. The highest BCUT2D eigenvalue weighted by molar-refractivity contribution is 7.47. The fraction of sp³-hybridized carbons (Fsp3) is 0.951. The van der Waals surface area contributed by atoms with Crippen molar-refractivity contribution in [3.8, 4) is 0 Å². The third-order valence-electron chi connectivity index (χ3n) is 10.4. The highest BCUT2D eigenvalue weighted by atomic mass is 31.2. The molecule has 6 N–H and O–H groups in total. The number of hydrogen-bond donors (Lipinski definition) is 6. The van der Waals surface area contributed by atoms with Crippen molar-refractivity contribution < 1.29 is 63.1 Å². The van der Waals surface area contributed by atoms with Crippen LogP contribution in [0.1, 0.15) is 194 Å². The van der Waals surface area contributed by atoms with Crippen LogP contribution in [0.3, 0.4) is 0 Å². The van der Waals surface area contributed by atoms with Crippen molar-refractivity contribution in [1.29, 1.82) is 0 Å². The van der Waals surface area contributed by atoms with Crippen LogP contribution in [0.15, 0.2) is 0 Å². The van der Waals surface area contributed by atoms with Crippen LogP contribution in [0, 0.1) is 0 Å². The lowest BCUT2D eigenvalue weighted by molar-refractivity contribution is -0.220. The van der Waals surface area contributed by atoms with Crippen molar-refractivity contribution >= 4 is 19.8 Å². The molecule has 0 aliphatic heterocycles. The summed E-state index contributed by atoms with van der Waals surface area (Å²) >= 11 is 0. The van der Waals surface area contributed by atoms with E-state index >= 15 is 0 Å². The lowest BCUT2D eigenvalue weighted by Gasteiger charge is -2.41. The summed E-state index contributed by atoms with van der Waals surface area (Å²) in [5.74, 6) is -1.09. The van der Waals surface area contributed by atoms with Gasteiger partial charge < -0.3 is 39.9 Å². The van der Waals surface area contributed by atoms with Gasteiger partial charge in [0, 0.05) is 12.8 Å². The van der Waals surface area contributed by atoms with Gasteiger partial charge in [-0.1, -0.05) is 168 Å². The standard InChI is InChI=1S/C41H79O13P/c1-3-5-7-9-11-13-14-15-16-17-18-19-20-22-23-25-27-29-34(42)51-31-33(53-35(43)30-28-26-24-21-12-10-8-6-4-2)32-52-55(49,50)54-41-39(47)37(45)36(44)38(46)40(41)48/h33,36-41,44-48H,3-32H2,1-2H3,(H,49,50)/t33-,36?,37-,38?,39?,40?,41?/m1/s1. The molecular formula is C41H79O13P. The van der Waals surface area contributed by atoms with Crippen LogP contribution in [-0.4, -0.2) is 98.3 Å². The molecule has 8 atom stereocenters. The van der Waals surface area contributed by atoms with Crippen LogP contribution in [0.2, 0.25) is 0 Å². The van der Waals surface area contributed by atoms with Gasteiger partial charge in [0.2, 0.25) is 0 Å². The van der Waals surface area contributed by atoms with E-state index < -0.39 is 75.7 Å². The van der Waals surface area contributed by atoms with Gasteiger partial charge in [-0.3, -0.25) is 18.6 Å². The molecule has 326 valence electrons. The van der Waals surface area contributed by atoms with Gasteiger partial charge >= 0.3 is 19.8 Å². The minimum absolute atomic E-state index is 0.103. The van der Waals surface area contributed by atoms with E-state index in [9.17, 15) is 44.6 Å². The number of carbonyl (C=O) groups excluding carboxylic acids is 2. The Morgan fingerprint density at radius 3 is 1.20 bits per heavy atom. The van der Waals surface area contributed by atoms with E-state index in [4.69, 9.17) is 18.5 Å². The van der Waals surface area contributed by atoms with E-state index in [-0.39, 0.29) is 12.8 Å². The molecule has 1 rings (SSSR count). The van der Waals surface area contributed by atoms with Crippen LogP contribution in [0.4, 0.5) is 0 Å². The van der Waals surface area contributed by atoms with Crippen molar-refractivity contribution in [2.24, 2.45) is 0 Å². The molecule has 0 bridgehead atoms. The van der Waals surface area contributed by atoms with Gasteiger partial charge in [0.15, 0.2) is 6.10 Å². The summed E-state index contributed by atoms with van der Waals surface area (Å²) in [7, 11) is -5.10. The molecule has 0 saturated heterocycles. The van der Waals surface area contributed by atoms with Crippen molar-refractivity contribution in [1.82, 2.24) is 0 Å². The fourth-order valence-electron chi connectivity index (χ4n) is 6.88. The molecule has 1 saturated carbocycles. The molecule has 55 heavy (non-hydrogen) atoms. The second kappa shape index (κ2) is 32.8. The van der Waals surface area contributed by atoms with Crippen LogP contribution < -0.4 is 0 Å². The molecule has 6 unspecified atom stereocenters. The quantitative estimate of drug-likeness (QED) is 0.0204. The summed E-state index contributed by atoms with van der Waals surface area (Å²) in [5, 5.41) is 50.0. The minimum Gasteiger partial charge on any atom is -0.462 e. The maximum absolute atomic E-state index is 12.8. The monoisotopic (exact) mass is 811 g/mol. The number of rotatable bonds is 36. The first-order chi connectivity index (χ1) is 26.4. The van der Waals surface area contributed by atoms with Gasteiger partial charge in [-0.15, -0.1) is 0 Å². The average Bonchev–Trinajstić information content (AvgIpc) is 3.16. The predicted octanol–water partition coefficient (Wildman–Crippen LogP) is 7.72. The molecule has 1 fully saturated rings. The molecule has 1 aliphatic rings. The number of phosphoric acid groups is 1. The van der Waals surface area contributed by atoms with E-state index in [0.717, 1.165) is 44.9 Å². The van der Waals surface area contributed by atoms with Crippen molar-refractivity contribution in [3.63, 3.8) is 0 Å². The number of hydrogen-bond acceptors (Lipinski definition) is 12. The largest absolute Gasteiger partial charge is 0.472 e. The highest BCUT2D eigenvalue weighted by Crippen LogP contribution is 2.47. The van der Waals surface area contributed by atoms with Crippen molar-refractivity contribution in [3.05, 3.63) is 0 Å². The Kier molecular flexibility index (Phi) is 30.9. The first-order valence-electron chi connectivity index (χ1n) is 21.8. The summed E-state index contributed by atoms with van der Waals surface area (Å²) in [6.07, 6.45) is 17.5. The summed E-state index contributed by atoms with van der Waals surface area (Å²) in [5.41, 5.74) is 0. The summed E-state index contributed by atoms with van der Waals surface area (Å²) in [4.78, 5) is 35.5. The van der Waals surface area contributed by atoms with E-state index in [0.29, 0.717) is 12.8 Å². The number of esters is 2. The second-order valence-corrected chi connectivity index (χ2v) is 17.0. The Morgan fingerprint density at radius 2 is 0.818 bits per heavy atom. The third kappa shape index (κ3) is 25.7. The Labute approximate surface area is 331 Å². The molecule has 0 radical (unpaired) electrons. The SMILES string of the molecule is CCCCCCCCCCCCCCCCCCCC(=O)OC[C@H](COP(=O)(O)OC1C(O)C(O)C(O)[C@@H](O)C1O)OC(=O)CCCCCCCCCCC. The van der Waals surface area contributed by atoms with Crippen LogP contribution in [0.25, 0.3) is 0 Å². The van der Waals surface area contributed by atoms with Gasteiger partial charge in [-0.25, -0.2) is 4.57 Å². The number of ether oxygens (including phenoxy) is 2. The second-order valence-electron chi connectivity index (χ2n) is 15.6. The zero-order valence-corrected chi connectivity index (χ0v) is 35.1. The van der Waals surface area contributed by atoms with E-state index in [1.54, 1.807) is 0 Å². The average molecular weight is 811 g/mol. The highest BCUT2D eigenvalue weighted by Gasteiger charge is 2.51. The normalized spacial score (nSPS) is 23.0. The molecule has 0 amide bonds. The van der Waals surface area contributed by atoms with Crippen LogP contribution in [-0.2, 0) is 32.7 Å². The zero-order valence-electron chi connectivity index (χ0n) is 34.2. The molecule has 14 heteroatoms. The number of aliphatic hydroxyl groups is 5. The Balaban J connectivity index is 2.42. The van der Waals surface area contributed by atoms with Gasteiger partial charge in [0.1, 0.15) is 43.2 Å². The predicted molar refractivity (Wildman–Crippen MR) is 212 cm³/mol. The molecule has 0 aromatic heterocycles. The van der Waals surface area contributed by atoms with Gasteiger partial charge in [0.05, 0.1) is 6.61 Å². The van der Waals surface area contributed by atoms with Gasteiger partial charge in [-0.2, -0.15) is 0 Å². The lowest BCUT2D eigenvalue weighted by Crippen LogP contribution is -2.64. The zero-order chi connectivity index (χ0) is 40.7. The molecule has 0 aromatic carbocycles. The maximum Gasteiger partial charge on any atom is 0.472 e. The molecule has 0 spiro atoms. The van der Waals surface area contributed by atoms with E-state index in [1.165, 1.54) is 109 Å². The van der Waals surface area contributed by atoms with E-state index in [2.05, 4.69) is 13.8 Å². The topological polar surface area (TPSA) is 210 Å². The summed E-state index contributed by atoms with van der Waals surface area (Å²) in [6, 6.07) is 0. The molecule has 1 aliphatic carbocycles. The molecule has 0 aromatic rings. The number of aliphatic hydroxyl groups excluding tert-OH is 5. The first kappa shape index (κ1) is 51.9. The lowest BCUT2D eigenvalue weighted by atomic mass is 9.85. The molecular weight excluding hydrogens is 731 g/mol. The van der Waals surface area contributed by atoms with Gasteiger partial charge in [-0.05, 0) is 12.8 Å². The number of phosphoric ester groups is 1. The van der Waals surface area contributed by atoms with Crippen molar-refractivity contribution in [2.75, 3.05) is 13.2 Å². The minimum atomic E-state index is -5.10. The molecule has 0 heterocycles. The first-order valence-corrected chi connectivity index (χ1v) is 23.3. The maximum atomic E-state index is 12.8. The van der Waals surface area contributed by atoms with Crippen molar-refractivity contribution in [2.45, 2.75) is 236 Å². The van der Waals surface area contributed by atoms with Gasteiger partial charge in [0.25, 0.3) is 0 Å². The Hall–Kier alpha value is -1.15. The summed E-state index contributed by atoms with van der Waals surface area (Å²) < 4.78 is 33.4. The Morgan fingerprint density at radius 1 is 0.491 bits per heavy atom. The van der Waals surface area contributed by atoms with Crippen LogP contribution in [0.5, 0.6) is 0 Å². The third-order valence-corrected chi connectivity index (χ3v) is 11.4. The number of carbonyl (C=O) groups is 2. The Bertz CT molecular complexity index is 985.